The zero-order valence-corrected chi connectivity index (χ0v) is 14.6. The first kappa shape index (κ1) is 15.7. The normalized spacial score (nSPS) is 11.1. The Hall–Kier alpha value is -2.21. The smallest absolute Gasteiger partial charge is 0.227 e. The van der Waals surface area contributed by atoms with Crippen molar-refractivity contribution in [2.24, 2.45) is 7.05 Å². The number of para-hydroxylation sites is 1. The molecule has 0 atom stereocenters. The van der Waals surface area contributed by atoms with Crippen LogP contribution in [-0.2, 0) is 24.8 Å². The van der Waals surface area contributed by atoms with Gasteiger partial charge in [-0.1, -0.05) is 12.1 Å². The van der Waals surface area contributed by atoms with E-state index in [0.717, 1.165) is 32.2 Å². The second kappa shape index (κ2) is 6.12. The fourth-order valence-electron chi connectivity index (χ4n) is 2.64. The van der Waals surface area contributed by atoms with Gasteiger partial charge in [-0.3, -0.25) is 9.48 Å². The summed E-state index contributed by atoms with van der Waals surface area (Å²) >= 11 is 1.64. The van der Waals surface area contributed by atoms with Crippen LogP contribution in [0.25, 0.3) is 10.2 Å². The molecule has 0 saturated carbocycles. The van der Waals surface area contributed by atoms with Gasteiger partial charge in [0.15, 0.2) is 0 Å². The first-order valence-corrected chi connectivity index (χ1v) is 8.35. The van der Waals surface area contributed by atoms with Gasteiger partial charge in [-0.25, -0.2) is 4.98 Å². The summed E-state index contributed by atoms with van der Waals surface area (Å²) in [5.74, 6) is 0.0865. The molecule has 5 nitrogen and oxygen atoms in total. The van der Waals surface area contributed by atoms with Gasteiger partial charge >= 0.3 is 0 Å². The predicted octanol–water partition coefficient (Wildman–Crippen LogP) is 2.85. The quantitative estimate of drug-likeness (QED) is 0.740. The zero-order chi connectivity index (χ0) is 16.6. The van der Waals surface area contributed by atoms with Crippen LogP contribution in [-0.4, -0.2) is 32.6 Å². The molecule has 2 heterocycles. The molecule has 23 heavy (non-hydrogen) atoms. The van der Waals surface area contributed by atoms with Gasteiger partial charge in [0.25, 0.3) is 0 Å². The third kappa shape index (κ3) is 3.12. The van der Waals surface area contributed by atoms with E-state index in [-0.39, 0.29) is 5.91 Å². The molecule has 120 valence electrons. The molecule has 0 N–H and O–H groups in total. The number of aromatic nitrogens is 3. The summed E-state index contributed by atoms with van der Waals surface area (Å²) in [5, 5.41) is 5.33. The van der Waals surface area contributed by atoms with Gasteiger partial charge in [0.2, 0.25) is 5.91 Å². The van der Waals surface area contributed by atoms with Crippen LogP contribution in [0.4, 0.5) is 0 Å². The highest BCUT2D eigenvalue weighted by molar-refractivity contribution is 7.18. The van der Waals surface area contributed by atoms with Crippen molar-refractivity contribution < 1.29 is 4.79 Å². The summed E-state index contributed by atoms with van der Waals surface area (Å²) in [6.45, 7) is 4.48. The van der Waals surface area contributed by atoms with Crippen LogP contribution >= 0.6 is 11.3 Å². The molecule has 0 aliphatic rings. The third-order valence-electron chi connectivity index (χ3n) is 4.12. The average Bonchev–Trinajstić information content (AvgIpc) is 3.02. The second-order valence-electron chi connectivity index (χ2n) is 5.77. The largest absolute Gasteiger partial charge is 0.339 e. The van der Waals surface area contributed by atoms with Gasteiger partial charge in [0, 0.05) is 25.4 Å². The Morgan fingerprint density at radius 3 is 2.70 bits per heavy atom. The van der Waals surface area contributed by atoms with Crippen LogP contribution in [0.3, 0.4) is 0 Å². The van der Waals surface area contributed by atoms with Gasteiger partial charge in [-0.05, 0) is 26.0 Å². The van der Waals surface area contributed by atoms with Crippen LogP contribution in [0, 0.1) is 13.8 Å². The third-order valence-corrected chi connectivity index (χ3v) is 5.14. The fraction of sp³-hybridized carbons (Fsp3) is 0.353. The van der Waals surface area contributed by atoms with Crippen LogP contribution in [0.2, 0.25) is 0 Å². The molecule has 3 aromatic rings. The van der Waals surface area contributed by atoms with Crippen LogP contribution in [0.1, 0.15) is 22.0 Å². The molecule has 1 aromatic carbocycles. The minimum absolute atomic E-state index is 0.0865. The number of amides is 1. The van der Waals surface area contributed by atoms with E-state index in [4.69, 9.17) is 0 Å². The maximum absolute atomic E-state index is 12.5. The van der Waals surface area contributed by atoms with E-state index >= 15 is 0 Å². The Bertz CT molecular complexity index is 832. The summed E-state index contributed by atoms with van der Waals surface area (Å²) < 4.78 is 2.98. The topological polar surface area (TPSA) is 51.0 Å². The van der Waals surface area contributed by atoms with Crippen molar-refractivity contribution in [3.8, 4) is 0 Å². The highest BCUT2D eigenvalue weighted by Gasteiger charge is 2.17. The number of carbonyl (C=O) groups excluding carboxylic acids is 1. The summed E-state index contributed by atoms with van der Waals surface area (Å²) in [5.41, 5.74) is 3.98. The lowest BCUT2D eigenvalue weighted by Gasteiger charge is -2.15. The Kier molecular flexibility index (Phi) is 4.17. The number of hydrogen-bond donors (Lipinski definition) is 0. The molecular weight excluding hydrogens is 308 g/mol. The van der Waals surface area contributed by atoms with Crippen molar-refractivity contribution >= 4 is 27.5 Å². The number of fused-ring (bicyclic) bond motifs is 1. The van der Waals surface area contributed by atoms with E-state index in [0.29, 0.717) is 13.0 Å². The average molecular weight is 328 g/mol. The maximum atomic E-state index is 12.5. The minimum Gasteiger partial charge on any atom is -0.339 e. The molecule has 0 saturated heterocycles. The number of hydrogen-bond acceptors (Lipinski definition) is 4. The molecule has 6 heteroatoms. The maximum Gasteiger partial charge on any atom is 0.227 e. The molecule has 0 unspecified atom stereocenters. The fourth-order valence-corrected chi connectivity index (χ4v) is 3.66. The molecule has 0 aliphatic carbocycles. The van der Waals surface area contributed by atoms with E-state index in [1.807, 2.05) is 50.8 Å². The van der Waals surface area contributed by atoms with Crippen molar-refractivity contribution in [1.29, 1.82) is 0 Å². The lowest BCUT2D eigenvalue weighted by molar-refractivity contribution is -0.129. The molecule has 1 amide bonds. The number of nitrogens with zero attached hydrogens (tertiary/aromatic N) is 4. The summed E-state index contributed by atoms with van der Waals surface area (Å²) in [4.78, 5) is 18.8. The second-order valence-corrected chi connectivity index (χ2v) is 6.89. The van der Waals surface area contributed by atoms with Crippen LogP contribution < -0.4 is 0 Å². The molecule has 0 fully saturated rings. The molecule has 2 aromatic heterocycles. The monoisotopic (exact) mass is 328 g/mol. The minimum atomic E-state index is 0.0865. The number of likely N-dealkylation sites (N-methyl/N-ethyl adjacent to an activating group) is 1. The lowest BCUT2D eigenvalue weighted by atomic mass is 10.1. The molecule has 0 bridgehead atoms. The lowest BCUT2D eigenvalue weighted by Crippen LogP contribution is -2.28. The van der Waals surface area contributed by atoms with E-state index in [1.54, 1.807) is 16.2 Å². The number of thiazole rings is 1. The van der Waals surface area contributed by atoms with Gasteiger partial charge in [-0.15, -0.1) is 11.3 Å². The van der Waals surface area contributed by atoms with Gasteiger partial charge < -0.3 is 4.90 Å². The number of aryl methyl sites for hydroxylation is 2. The van der Waals surface area contributed by atoms with E-state index in [9.17, 15) is 4.79 Å². The molecular formula is C17H20N4OS. The molecule has 0 radical (unpaired) electrons. The van der Waals surface area contributed by atoms with E-state index in [2.05, 4.69) is 16.1 Å². The molecule has 0 spiro atoms. The van der Waals surface area contributed by atoms with Crippen molar-refractivity contribution in [3.63, 3.8) is 0 Å². The predicted molar refractivity (Wildman–Crippen MR) is 92.5 cm³/mol. The van der Waals surface area contributed by atoms with Crippen molar-refractivity contribution in [1.82, 2.24) is 19.7 Å². The highest BCUT2D eigenvalue weighted by atomic mass is 32.1. The van der Waals surface area contributed by atoms with E-state index < -0.39 is 0 Å². The molecule has 3 rings (SSSR count). The van der Waals surface area contributed by atoms with Crippen molar-refractivity contribution in [2.45, 2.75) is 26.8 Å². The van der Waals surface area contributed by atoms with E-state index in [1.165, 1.54) is 0 Å². The number of benzene rings is 1. The van der Waals surface area contributed by atoms with Gasteiger partial charge in [-0.2, -0.15) is 5.10 Å². The zero-order valence-electron chi connectivity index (χ0n) is 13.8. The first-order chi connectivity index (χ1) is 11.0. The van der Waals surface area contributed by atoms with Gasteiger partial charge in [0.05, 0.1) is 28.9 Å². The first-order valence-electron chi connectivity index (χ1n) is 7.53. The van der Waals surface area contributed by atoms with Crippen LogP contribution in [0.5, 0.6) is 0 Å². The highest BCUT2D eigenvalue weighted by Crippen LogP contribution is 2.22. The molecule has 0 aliphatic heterocycles. The number of carbonyl (C=O) groups is 1. The summed E-state index contributed by atoms with van der Waals surface area (Å²) in [7, 11) is 3.73. The van der Waals surface area contributed by atoms with Gasteiger partial charge in [0.1, 0.15) is 5.01 Å². The Morgan fingerprint density at radius 1 is 1.30 bits per heavy atom. The van der Waals surface area contributed by atoms with Crippen LogP contribution in [0.15, 0.2) is 24.3 Å². The Balaban J connectivity index is 1.72. The van der Waals surface area contributed by atoms with Crippen molar-refractivity contribution in [2.75, 3.05) is 7.05 Å². The summed E-state index contributed by atoms with van der Waals surface area (Å²) in [6.07, 6.45) is 0.382. The SMILES string of the molecule is Cc1nn(C)c(C)c1CC(=O)N(C)Cc1nc2ccccc2s1. The number of rotatable bonds is 4. The van der Waals surface area contributed by atoms with Crippen molar-refractivity contribution in [3.05, 3.63) is 46.2 Å². The standard InChI is InChI=1S/C17H20N4OS/c1-11-13(12(2)21(4)19-11)9-17(22)20(3)10-16-18-14-7-5-6-8-15(14)23-16/h5-8H,9-10H2,1-4H3. The Labute approximate surface area is 139 Å². The summed E-state index contributed by atoms with van der Waals surface area (Å²) in [6, 6.07) is 8.04. The Morgan fingerprint density at radius 2 is 2.04 bits per heavy atom.